The van der Waals surface area contributed by atoms with Gasteiger partial charge in [0.1, 0.15) is 12.3 Å². The van der Waals surface area contributed by atoms with Gasteiger partial charge in [-0.2, -0.15) is 0 Å². The zero-order valence-corrected chi connectivity index (χ0v) is 12.8. The summed E-state index contributed by atoms with van der Waals surface area (Å²) in [6.45, 7) is 5.34. The van der Waals surface area contributed by atoms with Crippen LogP contribution in [0.25, 0.3) is 10.2 Å². The largest absolute Gasteiger partial charge is 0.351 e. The molecule has 4 aliphatic heterocycles. The Morgan fingerprint density at radius 2 is 2.05 bits per heavy atom. The first-order chi connectivity index (χ1) is 10.3. The van der Waals surface area contributed by atoms with Crippen molar-refractivity contribution in [2.24, 2.45) is 5.92 Å². The molecule has 4 nitrogen and oxygen atoms in total. The van der Waals surface area contributed by atoms with Crippen LogP contribution in [-0.4, -0.2) is 48.4 Å². The number of hydrogen-bond donors (Lipinski definition) is 0. The average molecular weight is 301 g/mol. The molecule has 0 N–H and O–H groups in total. The first kappa shape index (κ1) is 12.4. The van der Waals surface area contributed by atoms with Crippen molar-refractivity contribution in [3.63, 3.8) is 0 Å². The van der Waals surface area contributed by atoms with E-state index in [1.165, 1.54) is 30.6 Å². The zero-order chi connectivity index (χ0) is 13.9. The zero-order valence-electron chi connectivity index (χ0n) is 12.0. The second-order valence-corrected chi connectivity index (χ2v) is 7.56. The molecule has 21 heavy (non-hydrogen) atoms. The highest BCUT2D eigenvalue weighted by molar-refractivity contribution is 7.22. The summed E-state index contributed by atoms with van der Waals surface area (Å²) in [5.74, 6) is 0.738. The van der Waals surface area contributed by atoms with Gasteiger partial charge >= 0.3 is 0 Å². The minimum atomic E-state index is 0.0638. The summed E-state index contributed by atoms with van der Waals surface area (Å²) >= 11 is 1.78. The van der Waals surface area contributed by atoms with Crippen molar-refractivity contribution in [1.29, 1.82) is 0 Å². The van der Waals surface area contributed by atoms with Crippen LogP contribution in [0.15, 0.2) is 24.3 Å². The summed E-state index contributed by atoms with van der Waals surface area (Å²) in [7, 11) is 0. The molecule has 0 radical (unpaired) electrons. The van der Waals surface area contributed by atoms with Crippen LogP contribution in [0.2, 0.25) is 0 Å². The van der Waals surface area contributed by atoms with Gasteiger partial charge in [-0.3, -0.25) is 0 Å². The van der Waals surface area contributed by atoms with Crippen LogP contribution in [0.5, 0.6) is 0 Å². The normalized spacial score (nSPS) is 35.1. The fraction of sp³-hybridized carbons (Fsp3) is 0.562. The van der Waals surface area contributed by atoms with Crippen molar-refractivity contribution in [3.8, 4) is 0 Å². The lowest BCUT2D eigenvalue weighted by atomic mass is 9.75. The van der Waals surface area contributed by atoms with Gasteiger partial charge in [-0.1, -0.05) is 23.5 Å². The highest BCUT2D eigenvalue weighted by Crippen LogP contribution is 2.43. The van der Waals surface area contributed by atoms with Gasteiger partial charge in [-0.05, 0) is 44.0 Å². The molecule has 4 aliphatic rings. The number of piperidine rings is 3. The Morgan fingerprint density at radius 3 is 2.81 bits per heavy atom. The first-order valence-corrected chi connectivity index (χ1v) is 8.61. The third kappa shape index (κ3) is 1.84. The molecule has 5 heteroatoms. The van der Waals surface area contributed by atoms with Gasteiger partial charge < -0.3 is 14.5 Å². The highest BCUT2D eigenvalue weighted by Gasteiger charge is 2.52. The molecule has 1 aromatic heterocycles. The van der Waals surface area contributed by atoms with Crippen LogP contribution < -0.4 is 4.90 Å². The van der Waals surface area contributed by atoms with Crippen molar-refractivity contribution in [2.75, 3.05) is 37.8 Å². The summed E-state index contributed by atoms with van der Waals surface area (Å²) in [5, 5.41) is 1.12. The van der Waals surface area contributed by atoms with Crippen LogP contribution >= 0.6 is 11.3 Å². The Labute approximate surface area is 128 Å². The number of thiazole rings is 1. The summed E-state index contributed by atoms with van der Waals surface area (Å²) < 4.78 is 7.60. The third-order valence-electron chi connectivity index (χ3n) is 5.34. The minimum absolute atomic E-state index is 0.0638. The van der Waals surface area contributed by atoms with Crippen molar-refractivity contribution in [1.82, 2.24) is 9.88 Å². The molecule has 2 bridgehead atoms. The van der Waals surface area contributed by atoms with Crippen LogP contribution in [0, 0.1) is 5.92 Å². The molecule has 4 fully saturated rings. The topological polar surface area (TPSA) is 28.6 Å². The monoisotopic (exact) mass is 301 g/mol. The molecule has 4 saturated heterocycles. The van der Waals surface area contributed by atoms with E-state index in [-0.39, 0.29) is 5.60 Å². The second-order valence-electron chi connectivity index (χ2n) is 6.55. The molecule has 0 saturated carbocycles. The number of benzene rings is 1. The predicted octanol–water partition coefficient (Wildman–Crippen LogP) is 2.55. The fourth-order valence-corrected chi connectivity index (χ4v) is 5.16. The lowest BCUT2D eigenvalue weighted by Gasteiger charge is -2.50. The number of anilines is 1. The van der Waals surface area contributed by atoms with E-state index >= 15 is 0 Å². The Bertz CT molecular complexity index is 646. The maximum atomic E-state index is 6.33. The molecule has 0 unspecified atom stereocenters. The molecule has 110 valence electrons. The van der Waals surface area contributed by atoms with Gasteiger partial charge in [0.2, 0.25) is 0 Å². The fourth-order valence-electron chi connectivity index (χ4n) is 4.21. The standard InChI is InChI=1S/C16H19N3OS/c1-2-4-14-13(3-1)17-15(21-14)19-10-16(20-11-19)9-18-7-5-12(16)6-8-18/h1-4,12H,5-11H2/t16-/m1/s1. The maximum Gasteiger partial charge on any atom is 0.188 e. The summed E-state index contributed by atoms with van der Waals surface area (Å²) in [4.78, 5) is 9.70. The lowest BCUT2D eigenvalue weighted by Crippen LogP contribution is -2.61. The van der Waals surface area contributed by atoms with Gasteiger partial charge in [0.15, 0.2) is 5.13 Å². The van der Waals surface area contributed by atoms with E-state index in [1.54, 1.807) is 11.3 Å². The van der Waals surface area contributed by atoms with Gasteiger partial charge in [-0.25, -0.2) is 4.98 Å². The van der Waals surface area contributed by atoms with Gasteiger partial charge in [0.05, 0.1) is 16.8 Å². The minimum Gasteiger partial charge on any atom is -0.351 e. The van der Waals surface area contributed by atoms with E-state index in [2.05, 4.69) is 34.1 Å². The van der Waals surface area contributed by atoms with Gasteiger partial charge in [0, 0.05) is 6.54 Å². The number of fused-ring (bicyclic) bond motifs is 3. The predicted molar refractivity (Wildman–Crippen MR) is 84.8 cm³/mol. The smallest absolute Gasteiger partial charge is 0.188 e. The molecule has 1 atom stereocenters. The number of para-hydroxylation sites is 1. The van der Waals surface area contributed by atoms with Crippen molar-refractivity contribution in [3.05, 3.63) is 24.3 Å². The van der Waals surface area contributed by atoms with Crippen molar-refractivity contribution in [2.45, 2.75) is 18.4 Å². The molecular formula is C16H19N3OS. The average Bonchev–Trinajstić information content (AvgIpc) is 3.13. The molecule has 2 aromatic rings. The molecule has 1 aromatic carbocycles. The quantitative estimate of drug-likeness (QED) is 0.809. The van der Waals surface area contributed by atoms with E-state index in [0.717, 1.165) is 29.7 Å². The summed E-state index contributed by atoms with van der Waals surface area (Å²) in [5.41, 5.74) is 1.17. The molecular weight excluding hydrogens is 282 g/mol. The SMILES string of the molecule is c1ccc2sc(N3CO[C@]4(CN5CCC4CC5)C3)nc2c1. The molecule has 5 heterocycles. The number of nitrogens with zero attached hydrogens (tertiary/aromatic N) is 3. The van der Waals surface area contributed by atoms with Crippen LogP contribution in [-0.2, 0) is 4.74 Å². The lowest BCUT2D eigenvalue weighted by molar-refractivity contribution is -0.116. The number of hydrogen-bond acceptors (Lipinski definition) is 5. The van der Waals surface area contributed by atoms with Gasteiger partial charge in [0.25, 0.3) is 0 Å². The Hall–Kier alpha value is -1.17. The Kier molecular flexibility index (Phi) is 2.60. The molecule has 1 spiro atoms. The first-order valence-electron chi connectivity index (χ1n) is 7.79. The second kappa shape index (κ2) is 4.41. The van der Waals surface area contributed by atoms with E-state index in [9.17, 15) is 0 Å². The van der Waals surface area contributed by atoms with Crippen LogP contribution in [0.4, 0.5) is 5.13 Å². The molecule has 0 amide bonds. The van der Waals surface area contributed by atoms with Crippen molar-refractivity contribution >= 4 is 26.7 Å². The number of aromatic nitrogens is 1. The highest BCUT2D eigenvalue weighted by atomic mass is 32.1. The van der Waals surface area contributed by atoms with E-state index in [1.807, 2.05) is 0 Å². The van der Waals surface area contributed by atoms with E-state index < -0.39 is 0 Å². The van der Waals surface area contributed by atoms with Gasteiger partial charge in [-0.15, -0.1) is 0 Å². The van der Waals surface area contributed by atoms with E-state index in [0.29, 0.717) is 6.73 Å². The number of ether oxygens (including phenoxy) is 1. The van der Waals surface area contributed by atoms with Crippen LogP contribution in [0.1, 0.15) is 12.8 Å². The summed E-state index contributed by atoms with van der Waals surface area (Å²) in [6.07, 6.45) is 2.60. The number of rotatable bonds is 1. The van der Waals surface area contributed by atoms with E-state index in [4.69, 9.17) is 9.72 Å². The van der Waals surface area contributed by atoms with Crippen LogP contribution in [0.3, 0.4) is 0 Å². The summed E-state index contributed by atoms with van der Waals surface area (Å²) in [6, 6.07) is 8.38. The Morgan fingerprint density at radius 1 is 1.19 bits per heavy atom. The molecule has 6 rings (SSSR count). The molecule has 0 aliphatic carbocycles. The third-order valence-corrected chi connectivity index (χ3v) is 6.44. The Balaban J connectivity index is 1.44. The van der Waals surface area contributed by atoms with Crippen molar-refractivity contribution < 1.29 is 4.74 Å². The maximum absolute atomic E-state index is 6.33.